The average molecular weight is 588 g/mol. The van der Waals surface area contributed by atoms with Crippen LogP contribution in [-0.2, 0) is 32.0 Å². The van der Waals surface area contributed by atoms with Crippen LogP contribution in [0.1, 0.15) is 44.4 Å². The Kier molecular flexibility index (Phi) is 13.2. The predicted molar refractivity (Wildman–Crippen MR) is 155 cm³/mol. The number of guanidine groups is 1. The van der Waals surface area contributed by atoms with E-state index in [0.29, 0.717) is 17.7 Å². The Bertz CT molecular complexity index is 1200. The molecule has 230 valence electrons. The number of carbonyl (C=O) groups is 4. The fraction of sp³-hybridized carbons (Fsp3) is 0.481. The van der Waals surface area contributed by atoms with E-state index in [1.54, 1.807) is 12.1 Å². The molecule has 12 N–H and O–H groups in total. The van der Waals surface area contributed by atoms with E-state index in [4.69, 9.17) is 17.2 Å². The van der Waals surface area contributed by atoms with E-state index >= 15 is 0 Å². The first kappa shape index (κ1) is 33.5. The SMILES string of the molecule is CC(C)CC(N)C(=O)NC(Cc1cnc[nH]1)C(=O)NC(Cc1ccc(O)cc1)C(=O)NC(CCCN=C(N)N)C(=O)O. The third kappa shape index (κ3) is 11.8. The van der Waals surface area contributed by atoms with Crippen LogP contribution in [0.15, 0.2) is 41.8 Å². The number of rotatable bonds is 17. The third-order valence-corrected chi connectivity index (χ3v) is 6.24. The molecule has 0 saturated heterocycles. The van der Waals surface area contributed by atoms with Crippen molar-refractivity contribution in [2.45, 2.75) is 70.1 Å². The van der Waals surface area contributed by atoms with Gasteiger partial charge in [-0.05, 0) is 42.9 Å². The van der Waals surface area contributed by atoms with Gasteiger partial charge < -0.3 is 48.3 Å². The number of aliphatic carboxylic acids is 1. The molecule has 0 spiro atoms. The molecule has 0 bridgehead atoms. The van der Waals surface area contributed by atoms with Crippen molar-refractivity contribution in [3.05, 3.63) is 48.0 Å². The number of hydrogen-bond acceptors (Lipinski definition) is 8. The van der Waals surface area contributed by atoms with Gasteiger partial charge in [-0.1, -0.05) is 26.0 Å². The third-order valence-electron chi connectivity index (χ3n) is 6.24. The van der Waals surface area contributed by atoms with Crippen LogP contribution in [0.4, 0.5) is 0 Å². The minimum atomic E-state index is -1.28. The van der Waals surface area contributed by atoms with Gasteiger partial charge in [-0.15, -0.1) is 0 Å². The van der Waals surface area contributed by atoms with E-state index in [2.05, 4.69) is 30.9 Å². The van der Waals surface area contributed by atoms with E-state index in [1.807, 2.05) is 13.8 Å². The number of aromatic hydroxyl groups is 1. The summed E-state index contributed by atoms with van der Waals surface area (Å²) in [6.45, 7) is 4.00. The number of carboxylic acid groups (broad SMARTS) is 1. The van der Waals surface area contributed by atoms with Crippen molar-refractivity contribution in [2.75, 3.05) is 6.54 Å². The molecule has 15 heteroatoms. The molecule has 15 nitrogen and oxygen atoms in total. The molecular weight excluding hydrogens is 546 g/mol. The molecule has 1 heterocycles. The molecule has 0 saturated carbocycles. The molecule has 4 atom stereocenters. The lowest BCUT2D eigenvalue weighted by atomic mass is 10.0. The lowest BCUT2D eigenvalue weighted by molar-refractivity contribution is -0.142. The van der Waals surface area contributed by atoms with Gasteiger partial charge >= 0.3 is 5.97 Å². The van der Waals surface area contributed by atoms with Crippen LogP contribution in [0.5, 0.6) is 5.75 Å². The molecule has 1 aromatic heterocycles. The van der Waals surface area contributed by atoms with Crippen molar-refractivity contribution in [1.29, 1.82) is 0 Å². The summed E-state index contributed by atoms with van der Waals surface area (Å²) in [4.78, 5) is 62.2. The molecule has 1 aromatic carbocycles. The fourth-order valence-corrected chi connectivity index (χ4v) is 4.10. The first-order valence-corrected chi connectivity index (χ1v) is 13.6. The monoisotopic (exact) mass is 587 g/mol. The normalized spacial score (nSPS) is 13.8. The highest BCUT2D eigenvalue weighted by Crippen LogP contribution is 2.13. The van der Waals surface area contributed by atoms with Crippen molar-refractivity contribution >= 4 is 29.7 Å². The van der Waals surface area contributed by atoms with Gasteiger partial charge in [0, 0.05) is 31.3 Å². The highest BCUT2D eigenvalue weighted by Gasteiger charge is 2.31. The Labute approximate surface area is 243 Å². The van der Waals surface area contributed by atoms with Gasteiger partial charge in [-0.2, -0.15) is 0 Å². The molecule has 3 amide bonds. The average Bonchev–Trinajstić information content (AvgIpc) is 3.43. The number of aliphatic imine (C=N–C) groups is 1. The highest BCUT2D eigenvalue weighted by molar-refractivity contribution is 5.94. The Morgan fingerprint density at radius 2 is 1.55 bits per heavy atom. The summed E-state index contributed by atoms with van der Waals surface area (Å²) in [6.07, 6.45) is 3.63. The summed E-state index contributed by atoms with van der Waals surface area (Å²) in [5, 5.41) is 27.1. The van der Waals surface area contributed by atoms with Crippen molar-refractivity contribution in [3.63, 3.8) is 0 Å². The number of aromatic nitrogens is 2. The standard InChI is InChI=1S/C27H41N9O6/c1-15(2)10-19(28)23(38)35-22(12-17-13-31-14-33-17)25(40)36-21(11-16-5-7-18(37)8-6-16)24(39)34-20(26(41)42)4-3-9-32-27(29)30/h5-8,13-15,19-22,37H,3-4,9-12,28H2,1-2H3,(H,31,33)(H,34,39)(H,35,38)(H,36,40)(H,41,42)(H4,29,30,32). The van der Waals surface area contributed by atoms with Crippen molar-refractivity contribution in [2.24, 2.45) is 28.1 Å². The van der Waals surface area contributed by atoms with Crippen LogP contribution in [0.3, 0.4) is 0 Å². The zero-order valence-corrected chi connectivity index (χ0v) is 23.7. The second-order valence-electron chi connectivity index (χ2n) is 10.4. The first-order chi connectivity index (χ1) is 19.8. The van der Waals surface area contributed by atoms with Gasteiger partial charge in [0.1, 0.15) is 23.9 Å². The second-order valence-corrected chi connectivity index (χ2v) is 10.4. The maximum absolute atomic E-state index is 13.5. The summed E-state index contributed by atoms with van der Waals surface area (Å²) in [5.74, 6) is -3.23. The largest absolute Gasteiger partial charge is 0.508 e. The number of nitrogens with one attached hydrogen (secondary N) is 4. The van der Waals surface area contributed by atoms with E-state index < -0.39 is 47.9 Å². The van der Waals surface area contributed by atoms with Gasteiger partial charge in [-0.25, -0.2) is 9.78 Å². The lowest BCUT2D eigenvalue weighted by Crippen LogP contribution is -2.58. The van der Waals surface area contributed by atoms with Crippen LogP contribution in [0.2, 0.25) is 0 Å². The summed E-state index contributed by atoms with van der Waals surface area (Å²) < 4.78 is 0. The number of aromatic amines is 1. The maximum atomic E-state index is 13.5. The van der Waals surface area contributed by atoms with Crippen molar-refractivity contribution < 1.29 is 29.4 Å². The van der Waals surface area contributed by atoms with Crippen LogP contribution in [0, 0.1) is 5.92 Å². The summed E-state index contributed by atoms with van der Waals surface area (Å²) in [5.41, 5.74) is 17.8. The van der Waals surface area contributed by atoms with Crippen LogP contribution in [-0.4, -0.2) is 80.5 Å². The number of phenols is 1. The number of nitrogens with two attached hydrogens (primary N) is 3. The molecule has 0 radical (unpaired) electrons. The Morgan fingerprint density at radius 1 is 0.952 bits per heavy atom. The van der Waals surface area contributed by atoms with E-state index in [-0.39, 0.29) is 49.9 Å². The summed E-state index contributed by atoms with van der Waals surface area (Å²) in [7, 11) is 0. The molecule has 0 aliphatic heterocycles. The van der Waals surface area contributed by atoms with Gasteiger partial charge in [0.2, 0.25) is 17.7 Å². The number of carbonyl (C=O) groups excluding carboxylic acids is 3. The zero-order chi connectivity index (χ0) is 31.2. The predicted octanol–water partition coefficient (Wildman–Crippen LogP) is -1.13. The van der Waals surface area contributed by atoms with Crippen molar-refractivity contribution in [1.82, 2.24) is 25.9 Å². The van der Waals surface area contributed by atoms with Crippen molar-refractivity contribution in [3.8, 4) is 5.75 Å². The topological polar surface area (TPSA) is 264 Å². The van der Waals surface area contributed by atoms with Gasteiger partial charge in [0.25, 0.3) is 0 Å². The van der Waals surface area contributed by atoms with E-state index in [0.717, 1.165) is 0 Å². The minimum absolute atomic E-state index is 0.00979. The Balaban J connectivity index is 2.26. The van der Waals surface area contributed by atoms with Gasteiger partial charge in [-0.3, -0.25) is 19.4 Å². The number of imidazole rings is 1. The van der Waals surface area contributed by atoms with Gasteiger partial charge in [0.05, 0.1) is 12.4 Å². The van der Waals surface area contributed by atoms with Crippen LogP contribution >= 0.6 is 0 Å². The summed E-state index contributed by atoms with van der Waals surface area (Å²) in [6, 6.07) is 1.50. The van der Waals surface area contributed by atoms with Gasteiger partial charge in [0.15, 0.2) is 5.96 Å². The van der Waals surface area contributed by atoms with Crippen LogP contribution in [0.25, 0.3) is 0 Å². The van der Waals surface area contributed by atoms with E-state index in [1.165, 1.54) is 24.7 Å². The molecule has 2 aromatic rings. The molecule has 0 fully saturated rings. The quantitative estimate of drug-likeness (QED) is 0.0610. The summed E-state index contributed by atoms with van der Waals surface area (Å²) >= 11 is 0. The lowest BCUT2D eigenvalue weighted by Gasteiger charge is -2.25. The molecule has 42 heavy (non-hydrogen) atoms. The smallest absolute Gasteiger partial charge is 0.326 e. The number of nitrogens with zero attached hydrogens (tertiary/aromatic N) is 2. The maximum Gasteiger partial charge on any atom is 0.326 e. The molecule has 0 aliphatic rings. The number of benzene rings is 1. The first-order valence-electron chi connectivity index (χ1n) is 13.6. The Hall–Kier alpha value is -4.66. The highest BCUT2D eigenvalue weighted by atomic mass is 16.4. The number of H-pyrrole nitrogens is 1. The second kappa shape index (κ2) is 16.6. The van der Waals surface area contributed by atoms with Crippen LogP contribution < -0.4 is 33.2 Å². The molecule has 2 rings (SSSR count). The van der Waals surface area contributed by atoms with E-state index in [9.17, 15) is 29.4 Å². The number of phenolic OH excluding ortho intramolecular Hbond substituents is 1. The number of carboxylic acids is 1. The fourth-order valence-electron chi connectivity index (χ4n) is 4.10. The number of hydrogen-bond donors (Lipinski definition) is 9. The number of amides is 3. The Morgan fingerprint density at radius 3 is 2.10 bits per heavy atom. The molecule has 0 aliphatic carbocycles. The molecule has 4 unspecified atom stereocenters. The molecular formula is C27H41N9O6. The minimum Gasteiger partial charge on any atom is -0.508 e. The zero-order valence-electron chi connectivity index (χ0n) is 23.7.